The van der Waals surface area contributed by atoms with Gasteiger partial charge in [0.05, 0.1) is 26.4 Å². The van der Waals surface area contributed by atoms with Crippen LogP contribution >= 0.6 is 0 Å². The van der Waals surface area contributed by atoms with Gasteiger partial charge in [0.1, 0.15) is 13.2 Å². The van der Waals surface area contributed by atoms with Crippen LogP contribution in [0.25, 0.3) is 10.8 Å². The molecular weight excluding hydrogens is 400 g/mol. The van der Waals surface area contributed by atoms with Gasteiger partial charge in [-0.15, -0.1) is 0 Å². The molecule has 2 aromatic carbocycles. The molecule has 0 saturated carbocycles. The standard InChI is InChI=1S/C28H42O4/c1-7-19(4)22-16-23(20(5)8-2)28(21(6)9-3)25-18-27-26(17-24(22)25)31-14-12-29-10-11-30-13-15-32-27/h16-21H,7-15H2,1-6H3. The van der Waals surface area contributed by atoms with Crippen LogP contribution in [0.5, 0.6) is 11.5 Å². The lowest BCUT2D eigenvalue weighted by Crippen LogP contribution is -2.16. The molecule has 32 heavy (non-hydrogen) atoms. The number of hydrogen-bond donors (Lipinski definition) is 0. The Bertz CT molecular complexity index is 876. The Morgan fingerprint density at radius 1 is 0.594 bits per heavy atom. The zero-order valence-electron chi connectivity index (χ0n) is 21.0. The fourth-order valence-corrected chi connectivity index (χ4v) is 4.48. The summed E-state index contributed by atoms with van der Waals surface area (Å²) in [6.07, 6.45) is 3.36. The number of fused-ring (bicyclic) bond motifs is 2. The second kappa shape index (κ2) is 11.9. The second-order valence-electron chi connectivity index (χ2n) is 9.16. The van der Waals surface area contributed by atoms with E-state index in [-0.39, 0.29) is 0 Å². The van der Waals surface area contributed by atoms with Crippen LogP contribution in [0, 0.1) is 0 Å². The van der Waals surface area contributed by atoms with E-state index in [0.29, 0.717) is 57.4 Å². The minimum Gasteiger partial charge on any atom is -0.487 e. The molecular formula is C28H42O4. The van der Waals surface area contributed by atoms with Crippen LogP contribution in [0.3, 0.4) is 0 Å². The summed E-state index contributed by atoms with van der Waals surface area (Å²) in [5, 5.41) is 2.62. The summed E-state index contributed by atoms with van der Waals surface area (Å²) in [5.74, 6) is 3.10. The highest BCUT2D eigenvalue weighted by Crippen LogP contribution is 2.44. The molecule has 3 atom stereocenters. The molecule has 1 heterocycles. The van der Waals surface area contributed by atoms with Gasteiger partial charge >= 0.3 is 0 Å². The Kier molecular flexibility index (Phi) is 9.24. The van der Waals surface area contributed by atoms with Crippen LogP contribution in [0.2, 0.25) is 0 Å². The Labute approximate surface area is 194 Å². The van der Waals surface area contributed by atoms with Crippen molar-refractivity contribution in [3.63, 3.8) is 0 Å². The lowest BCUT2D eigenvalue weighted by Gasteiger charge is -2.27. The summed E-state index contributed by atoms with van der Waals surface area (Å²) in [6, 6.07) is 6.94. The first-order valence-electron chi connectivity index (χ1n) is 12.6. The SMILES string of the molecule is CCC(C)c1cc(C(C)CC)c2cc3c(cc2c1C(C)CC)OCCOCCOCCO3. The van der Waals surface area contributed by atoms with Gasteiger partial charge in [0.2, 0.25) is 0 Å². The van der Waals surface area contributed by atoms with Gasteiger partial charge in [0, 0.05) is 0 Å². The van der Waals surface area contributed by atoms with E-state index in [1.54, 1.807) is 0 Å². The first-order valence-corrected chi connectivity index (χ1v) is 12.6. The van der Waals surface area contributed by atoms with Crippen LogP contribution in [-0.2, 0) is 9.47 Å². The average Bonchev–Trinajstić information content (AvgIpc) is 2.81. The Balaban J connectivity index is 2.25. The van der Waals surface area contributed by atoms with Gasteiger partial charge in [-0.25, -0.2) is 0 Å². The van der Waals surface area contributed by atoms with Crippen molar-refractivity contribution in [2.75, 3.05) is 39.6 Å². The number of rotatable bonds is 6. The molecule has 1 aliphatic rings. The van der Waals surface area contributed by atoms with Gasteiger partial charge in [0.25, 0.3) is 0 Å². The fraction of sp³-hybridized carbons (Fsp3) is 0.643. The van der Waals surface area contributed by atoms with Gasteiger partial charge in [-0.05, 0) is 76.6 Å². The van der Waals surface area contributed by atoms with Crippen molar-refractivity contribution in [2.45, 2.75) is 78.6 Å². The van der Waals surface area contributed by atoms with Crippen molar-refractivity contribution < 1.29 is 18.9 Å². The minimum atomic E-state index is 0.480. The highest BCUT2D eigenvalue weighted by molar-refractivity contribution is 5.93. The Hall–Kier alpha value is -1.78. The van der Waals surface area contributed by atoms with Crippen molar-refractivity contribution >= 4 is 10.8 Å². The first-order chi connectivity index (χ1) is 15.5. The third kappa shape index (κ3) is 5.58. The summed E-state index contributed by atoms with van der Waals surface area (Å²) in [4.78, 5) is 0. The van der Waals surface area contributed by atoms with E-state index < -0.39 is 0 Å². The summed E-state index contributed by atoms with van der Waals surface area (Å²) in [5.41, 5.74) is 4.39. The summed E-state index contributed by atoms with van der Waals surface area (Å²) >= 11 is 0. The molecule has 0 amide bonds. The largest absolute Gasteiger partial charge is 0.487 e. The normalized spacial score (nSPS) is 18.4. The molecule has 0 spiro atoms. The second-order valence-corrected chi connectivity index (χ2v) is 9.16. The molecule has 0 fully saturated rings. The molecule has 4 heteroatoms. The average molecular weight is 443 g/mol. The maximum absolute atomic E-state index is 6.20. The van der Waals surface area contributed by atoms with E-state index >= 15 is 0 Å². The molecule has 0 N–H and O–H groups in total. The molecule has 0 aliphatic carbocycles. The van der Waals surface area contributed by atoms with Crippen molar-refractivity contribution in [1.82, 2.24) is 0 Å². The van der Waals surface area contributed by atoms with E-state index in [2.05, 4.69) is 59.7 Å². The van der Waals surface area contributed by atoms with Gasteiger partial charge in [-0.1, -0.05) is 47.6 Å². The quantitative estimate of drug-likeness (QED) is 0.474. The van der Waals surface area contributed by atoms with Crippen molar-refractivity contribution in [1.29, 1.82) is 0 Å². The molecule has 0 bridgehead atoms. The van der Waals surface area contributed by atoms with E-state index in [1.165, 1.54) is 27.5 Å². The maximum atomic E-state index is 6.20. The van der Waals surface area contributed by atoms with Crippen LogP contribution in [0.1, 0.15) is 95.2 Å². The molecule has 2 aromatic rings. The van der Waals surface area contributed by atoms with Crippen LogP contribution in [0.4, 0.5) is 0 Å². The highest BCUT2D eigenvalue weighted by atomic mass is 16.6. The molecule has 3 unspecified atom stereocenters. The zero-order chi connectivity index (χ0) is 23.1. The van der Waals surface area contributed by atoms with Gasteiger partial charge in [-0.2, -0.15) is 0 Å². The van der Waals surface area contributed by atoms with Crippen LogP contribution in [-0.4, -0.2) is 39.6 Å². The monoisotopic (exact) mass is 442 g/mol. The minimum absolute atomic E-state index is 0.480. The van der Waals surface area contributed by atoms with E-state index in [4.69, 9.17) is 18.9 Å². The summed E-state index contributed by atoms with van der Waals surface area (Å²) in [7, 11) is 0. The van der Waals surface area contributed by atoms with E-state index in [9.17, 15) is 0 Å². The van der Waals surface area contributed by atoms with Crippen LogP contribution in [0.15, 0.2) is 18.2 Å². The first kappa shape index (κ1) is 24.9. The predicted molar refractivity (Wildman–Crippen MR) is 133 cm³/mol. The number of ether oxygens (including phenoxy) is 4. The lowest BCUT2D eigenvalue weighted by molar-refractivity contribution is 0.0224. The number of hydrogen-bond acceptors (Lipinski definition) is 4. The van der Waals surface area contributed by atoms with E-state index in [0.717, 1.165) is 30.8 Å². The van der Waals surface area contributed by atoms with E-state index in [1.807, 2.05) is 0 Å². The molecule has 4 nitrogen and oxygen atoms in total. The van der Waals surface area contributed by atoms with Crippen molar-refractivity contribution in [2.24, 2.45) is 0 Å². The van der Waals surface area contributed by atoms with Crippen molar-refractivity contribution in [3.05, 3.63) is 34.9 Å². The van der Waals surface area contributed by atoms with Gasteiger partial charge in [-0.3, -0.25) is 0 Å². The number of benzene rings is 2. The molecule has 0 saturated heterocycles. The Morgan fingerprint density at radius 3 is 1.59 bits per heavy atom. The summed E-state index contributed by atoms with van der Waals surface area (Å²) in [6.45, 7) is 17.2. The van der Waals surface area contributed by atoms with Crippen LogP contribution < -0.4 is 9.47 Å². The highest BCUT2D eigenvalue weighted by Gasteiger charge is 2.23. The van der Waals surface area contributed by atoms with Gasteiger partial charge in [0.15, 0.2) is 11.5 Å². The maximum Gasteiger partial charge on any atom is 0.161 e. The molecule has 0 radical (unpaired) electrons. The molecule has 0 aromatic heterocycles. The Morgan fingerprint density at radius 2 is 1.06 bits per heavy atom. The smallest absolute Gasteiger partial charge is 0.161 e. The third-order valence-electron chi connectivity index (χ3n) is 7.04. The predicted octanol–water partition coefficient (Wildman–Crippen LogP) is 7.18. The van der Waals surface area contributed by atoms with Gasteiger partial charge < -0.3 is 18.9 Å². The molecule has 3 rings (SSSR count). The topological polar surface area (TPSA) is 36.9 Å². The fourth-order valence-electron chi connectivity index (χ4n) is 4.48. The molecule has 1 aliphatic heterocycles. The lowest BCUT2D eigenvalue weighted by atomic mass is 9.79. The summed E-state index contributed by atoms with van der Waals surface area (Å²) < 4.78 is 23.6. The zero-order valence-corrected chi connectivity index (χ0v) is 21.0. The third-order valence-corrected chi connectivity index (χ3v) is 7.04. The van der Waals surface area contributed by atoms with Crippen molar-refractivity contribution in [3.8, 4) is 11.5 Å². The molecule has 178 valence electrons.